The Morgan fingerprint density at radius 3 is 1.80 bits per heavy atom. The lowest BCUT2D eigenvalue weighted by molar-refractivity contribution is -0.119. The zero-order valence-corrected chi connectivity index (χ0v) is 5.69. The van der Waals surface area contributed by atoms with E-state index in [9.17, 15) is 9.59 Å². The van der Waals surface area contributed by atoms with Crippen LogP contribution in [0.15, 0.2) is 0 Å². The minimum Gasteiger partial charge on any atom is -0.314 e. The summed E-state index contributed by atoms with van der Waals surface area (Å²) in [5.41, 5.74) is 0. The topological polar surface area (TPSA) is 57.6 Å². The number of aldehydes is 2. The molecule has 0 bridgehead atoms. The van der Waals surface area contributed by atoms with Crippen LogP contribution >= 0.6 is 0 Å². The molecule has 0 heterocycles. The quantitative estimate of drug-likeness (QED) is 0.417. The van der Waals surface area contributed by atoms with E-state index in [-0.39, 0.29) is 0 Å². The molecule has 0 aromatic heterocycles. The molecule has 58 valence electrons. The average molecular weight is 145 g/mol. The van der Waals surface area contributed by atoms with Crippen LogP contribution in [0.25, 0.3) is 0 Å². The van der Waals surface area contributed by atoms with Crippen LogP contribution in [-0.4, -0.2) is 35.9 Å². The molecule has 0 saturated carbocycles. The molecule has 0 aliphatic carbocycles. The Kier molecular flexibility index (Phi) is 5.91. The molecular weight excluding hydrogens is 134 g/mol. The number of rotatable bonds is 6. The normalized spacial score (nSPS) is 9.80. The number of hydrogen-bond acceptors (Lipinski definition) is 4. The maximum absolute atomic E-state index is 9.78. The van der Waals surface area contributed by atoms with Gasteiger partial charge in [-0.15, -0.1) is 0 Å². The fraction of sp³-hybridized carbons (Fsp3) is 0.667. The Morgan fingerprint density at radius 1 is 1.10 bits per heavy atom. The van der Waals surface area contributed by atoms with Crippen LogP contribution < -0.4 is 0 Å². The van der Waals surface area contributed by atoms with E-state index in [2.05, 4.69) is 0 Å². The van der Waals surface area contributed by atoms with Gasteiger partial charge in [0.1, 0.15) is 12.6 Å². The predicted octanol–water partition coefficient (Wildman–Crippen LogP) is -0.144. The fourth-order valence-corrected chi connectivity index (χ4v) is 0.515. The molecule has 4 nitrogen and oxygen atoms in total. The van der Waals surface area contributed by atoms with Crippen molar-refractivity contribution in [2.45, 2.75) is 12.8 Å². The van der Waals surface area contributed by atoms with E-state index in [0.29, 0.717) is 25.9 Å². The first kappa shape index (κ1) is 9.26. The average Bonchev–Trinajstić information content (AvgIpc) is 1.97. The molecule has 0 atom stereocenters. The van der Waals surface area contributed by atoms with Crippen molar-refractivity contribution >= 4 is 12.6 Å². The lowest BCUT2D eigenvalue weighted by Crippen LogP contribution is -2.22. The van der Waals surface area contributed by atoms with Gasteiger partial charge in [0.25, 0.3) is 0 Å². The van der Waals surface area contributed by atoms with E-state index in [1.165, 1.54) is 0 Å². The monoisotopic (exact) mass is 145 g/mol. The molecule has 0 amide bonds. The molecule has 0 aromatic rings. The van der Waals surface area contributed by atoms with Gasteiger partial charge in [-0.1, -0.05) is 0 Å². The Bertz CT molecular complexity index is 93.2. The molecule has 0 rings (SSSR count). The van der Waals surface area contributed by atoms with E-state index >= 15 is 0 Å². The number of hydroxylamine groups is 2. The minimum atomic E-state index is 0.301. The van der Waals surface area contributed by atoms with Gasteiger partial charge in [0.15, 0.2) is 0 Å². The highest BCUT2D eigenvalue weighted by Gasteiger charge is 1.96. The van der Waals surface area contributed by atoms with Crippen molar-refractivity contribution in [3.63, 3.8) is 0 Å². The Labute approximate surface area is 59.4 Å². The van der Waals surface area contributed by atoms with Gasteiger partial charge in [-0.3, -0.25) is 0 Å². The van der Waals surface area contributed by atoms with Crippen LogP contribution in [0.5, 0.6) is 0 Å². The van der Waals surface area contributed by atoms with Crippen LogP contribution in [0.2, 0.25) is 0 Å². The standard InChI is InChI=1S/C6H11NO3/c8-5-1-3-7(10)4-2-6-9/h5-6,10H,1-4H2. The highest BCUT2D eigenvalue weighted by molar-refractivity contribution is 5.50. The van der Waals surface area contributed by atoms with Gasteiger partial charge in [-0.2, -0.15) is 5.06 Å². The third kappa shape index (κ3) is 5.40. The van der Waals surface area contributed by atoms with Crippen molar-refractivity contribution in [2.24, 2.45) is 0 Å². The molecule has 1 N–H and O–H groups in total. The van der Waals surface area contributed by atoms with Gasteiger partial charge in [0.2, 0.25) is 0 Å². The summed E-state index contributed by atoms with van der Waals surface area (Å²) in [7, 11) is 0. The molecule has 0 fully saturated rings. The largest absolute Gasteiger partial charge is 0.314 e. The van der Waals surface area contributed by atoms with E-state index in [1.54, 1.807) is 0 Å². The number of nitrogens with zero attached hydrogens (tertiary/aromatic N) is 1. The third-order valence-electron chi connectivity index (χ3n) is 1.01. The van der Waals surface area contributed by atoms with Crippen molar-refractivity contribution in [1.82, 2.24) is 5.06 Å². The second-order valence-electron chi connectivity index (χ2n) is 1.86. The van der Waals surface area contributed by atoms with Gasteiger partial charge >= 0.3 is 0 Å². The molecule has 10 heavy (non-hydrogen) atoms. The molecule has 0 aliphatic heterocycles. The van der Waals surface area contributed by atoms with E-state index in [4.69, 9.17) is 5.21 Å². The first-order chi connectivity index (χ1) is 4.81. The maximum Gasteiger partial charge on any atom is 0.121 e. The molecule has 0 radical (unpaired) electrons. The smallest absolute Gasteiger partial charge is 0.121 e. The zero-order chi connectivity index (χ0) is 7.82. The van der Waals surface area contributed by atoms with Crippen molar-refractivity contribution in [2.75, 3.05) is 13.1 Å². The molecule has 0 unspecified atom stereocenters. The Hall–Kier alpha value is -0.740. The number of carbonyl (C=O) groups excluding carboxylic acids is 2. The molecule has 0 aromatic carbocycles. The van der Waals surface area contributed by atoms with Gasteiger partial charge in [0, 0.05) is 25.9 Å². The lowest BCUT2D eigenvalue weighted by atomic mass is 10.4. The number of hydrogen-bond donors (Lipinski definition) is 1. The number of carbonyl (C=O) groups is 2. The van der Waals surface area contributed by atoms with Crippen LogP contribution in [0.1, 0.15) is 12.8 Å². The first-order valence-electron chi connectivity index (χ1n) is 3.12. The summed E-state index contributed by atoms with van der Waals surface area (Å²) in [5.74, 6) is 0. The maximum atomic E-state index is 9.78. The van der Waals surface area contributed by atoms with E-state index in [1.807, 2.05) is 0 Å². The third-order valence-corrected chi connectivity index (χ3v) is 1.01. The Morgan fingerprint density at radius 2 is 1.50 bits per heavy atom. The predicted molar refractivity (Wildman–Crippen MR) is 34.7 cm³/mol. The van der Waals surface area contributed by atoms with Crippen molar-refractivity contribution in [1.29, 1.82) is 0 Å². The Balaban J connectivity index is 3.15. The summed E-state index contributed by atoms with van der Waals surface area (Å²) in [6, 6.07) is 0. The highest BCUT2D eigenvalue weighted by Crippen LogP contribution is 1.85. The SMILES string of the molecule is O=CCCN(O)CCC=O. The second-order valence-corrected chi connectivity index (χ2v) is 1.86. The second kappa shape index (κ2) is 6.38. The lowest BCUT2D eigenvalue weighted by Gasteiger charge is -2.09. The van der Waals surface area contributed by atoms with E-state index in [0.717, 1.165) is 17.6 Å². The zero-order valence-electron chi connectivity index (χ0n) is 5.69. The van der Waals surface area contributed by atoms with Crippen molar-refractivity contribution in [3.8, 4) is 0 Å². The van der Waals surface area contributed by atoms with E-state index < -0.39 is 0 Å². The molecule has 0 spiro atoms. The summed E-state index contributed by atoms with van der Waals surface area (Å²) < 4.78 is 0. The molecule has 4 heteroatoms. The van der Waals surface area contributed by atoms with Crippen LogP contribution in [-0.2, 0) is 9.59 Å². The van der Waals surface area contributed by atoms with Gasteiger partial charge in [-0.25, -0.2) is 0 Å². The summed E-state index contributed by atoms with van der Waals surface area (Å²) in [6.07, 6.45) is 2.05. The summed E-state index contributed by atoms with van der Waals surface area (Å²) in [6.45, 7) is 0.606. The van der Waals surface area contributed by atoms with Gasteiger partial charge in [-0.05, 0) is 0 Å². The summed E-state index contributed by atoms with van der Waals surface area (Å²) in [5, 5.41) is 9.79. The fourth-order valence-electron chi connectivity index (χ4n) is 0.515. The minimum absolute atomic E-state index is 0.301. The van der Waals surface area contributed by atoms with Crippen molar-refractivity contribution < 1.29 is 14.8 Å². The van der Waals surface area contributed by atoms with Crippen LogP contribution in [0.3, 0.4) is 0 Å². The van der Waals surface area contributed by atoms with Crippen molar-refractivity contribution in [3.05, 3.63) is 0 Å². The summed E-state index contributed by atoms with van der Waals surface area (Å²) >= 11 is 0. The molecule has 0 saturated heterocycles. The first-order valence-corrected chi connectivity index (χ1v) is 3.12. The van der Waals surface area contributed by atoms with Gasteiger partial charge in [0.05, 0.1) is 0 Å². The molecular formula is C6H11NO3. The highest BCUT2D eigenvalue weighted by atomic mass is 16.5. The summed E-state index contributed by atoms with van der Waals surface area (Å²) in [4.78, 5) is 19.6. The molecule has 0 aliphatic rings. The van der Waals surface area contributed by atoms with Crippen LogP contribution in [0.4, 0.5) is 0 Å². The van der Waals surface area contributed by atoms with Gasteiger partial charge < -0.3 is 14.8 Å². The van der Waals surface area contributed by atoms with Crippen LogP contribution in [0, 0.1) is 0 Å².